The lowest BCUT2D eigenvalue weighted by molar-refractivity contribution is -0.253. The molecule has 0 amide bonds. The lowest BCUT2D eigenvalue weighted by Crippen LogP contribution is -2.62. The van der Waals surface area contributed by atoms with E-state index in [4.69, 9.17) is 9.84 Å². The van der Waals surface area contributed by atoms with E-state index in [0.717, 1.165) is 0 Å². The molecule has 0 bridgehead atoms. The number of halogens is 1. The fraction of sp³-hybridized carbons (Fsp3) is 1.00. The van der Waals surface area contributed by atoms with Crippen LogP contribution in [0.4, 0.5) is 0 Å². The quantitative estimate of drug-likeness (QED) is 0.357. The van der Waals surface area contributed by atoms with E-state index in [-0.39, 0.29) is 12.4 Å². The molecule has 1 fully saturated rings. The van der Waals surface area contributed by atoms with Crippen LogP contribution in [0.5, 0.6) is 0 Å². The topological polar surface area (TPSA) is 102 Å². The predicted octanol–water partition coefficient (Wildman–Crippen LogP) is -2.57. The van der Waals surface area contributed by atoms with Crippen molar-refractivity contribution in [1.82, 2.24) is 5.32 Å². The SMILES string of the molecule is CNC1C(O)OC(CO)C(O)C1O.Cl. The molecule has 6 nitrogen and oxygen atoms in total. The largest absolute Gasteiger partial charge is 0.394 e. The van der Waals surface area contributed by atoms with Crippen molar-refractivity contribution in [2.75, 3.05) is 13.7 Å². The summed E-state index contributed by atoms with van der Waals surface area (Å²) in [4.78, 5) is 0. The highest BCUT2D eigenvalue weighted by atomic mass is 35.5. The number of rotatable bonds is 2. The molecule has 0 spiro atoms. The van der Waals surface area contributed by atoms with Crippen LogP contribution in [0.2, 0.25) is 0 Å². The molecule has 1 aliphatic heterocycles. The summed E-state index contributed by atoms with van der Waals surface area (Å²) in [7, 11) is 1.53. The van der Waals surface area contributed by atoms with Crippen LogP contribution in [0.3, 0.4) is 0 Å². The molecule has 14 heavy (non-hydrogen) atoms. The third-order valence-electron chi connectivity index (χ3n) is 2.23. The van der Waals surface area contributed by atoms with E-state index in [9.17, 15) is 15.3 Å². The highest BCUT2D eigenvalue weighted by Crippen LogP contribution is 2.18. The monoisotopic (exact) mass is 229 g/mol. The van der Waals surface area contributed by atoms with E-state index < -0.39 is 37.3 Å². The van der Waals surface area contributed by atoms with Crippen LogP contribution >= 0.6 is 12.4 Å². The average Bonchev–Trinajstić information content (AvgIpc) is 2.12. The van der Waals surface area contributed by atoms with Crippen LogP contribution in [0, 0.1) is 0 Å². The third kappa shape index (κ3) is 2.54. The number of aliphatic hydroxyl groups is 4. The molecule has 1 aliphatic rings. The molecule has 0 saturated carbocycles. The Hall–Kier alpha value is 0.0500. The molecule has 0 aromatic rings. The Bertz CT molecular complexity index is 172. The van der Waals surface area contributed by atoms with Crippen LogP contribution in [0.15, 0.2) is 0 Å². The van der Waals surface area contributed by atoms with Crippen LogP contribution in [-0.2, 0) is 4.74 Å². The smallest absolute Gasteiger partial charge is 0.173 e. The minimum atomic E-state index is -1.22. The fourth-order valence-corrected chi connectivity index (χ4v) is 1.41. The van der Waals surface area contributed by atoms with Crippen molar-refractivity contribution in [3.05, 3.63) is 0 Å². The molecule has 0 aliphatic carbocycles. The Morgan fingerprint density at radius 2 is 1.79 bits per heavy atom. The first-order chi connectivity index (χ1) is 6.11. The van der Waals surface area contributed by atoms with Gasteiger partial charge in [0.25, 0.3) is 0 Å². The van der Waals surface area contributed by atoms with E-state index in [1.807, 2.05) is 0 Å². The van der Waals surface area contributed by atoms with Crippen molar-refractivity contribution >= 4 is 12.4 Å². The van der Waals surface area contributed by atoms with Gasteiger partial charge in [0, 0.05) is 0 Å². The lowest BCUT2D eigenvalue weighted by Gasteiger charge is -2.39. The first-order valence-corrected chi connectivity index (χ1v) is 4.09. The van der Waals surface area contributed by atoms with Crippen LogP contribution in [0.1, 0.15) is 0 Å². The second kappa shape index (κ2) is 5.82. The van der Waals surface area contributed by atoms with E-state index in [0.29, 0.717) is 0 Å². The summed E-state index contributed by atoms with van der Waals surface area (Å²) in [6.45, 7) is -0.439. The molecule has 86 valence electrons. The maximum atomic E-state index is 9.45. The molecule has 1 heterocycles. The van der Waals surface area contributed by atoms with Gasteiger partial charge in [0.1, 0.15) is 18.3 Å². The summed E-state index contributed by atoms with van der Waals surface area (Å²) in [6, 6.07) is -0.738. The zero-order valence-electron chi connectivity index (χ0n) is 7.70. The van der Waals surface area contributed by atoms with E-state index >= 15 is 0 Å². The molecule has 0 aromatic heterocycles. The average molecular weight is 230 g/mol. The summed E-state index contributed by atoms with van der Waals surface area (Å²) in [5.74, 6) is 0. The van der Waals surface area contributed by atoms with E-state index in [1.54, 1.807) is 0 Å². The molecule has 5 N–H and O–H groups in total. The van der Waals surface area contributed by atoms with Crippen molar-refractivity contribution in [2.24, 2.45) is 0 Å². The fourth-order valence-electron chi connectivity index (χ4n) is 1.41. The van der Waals surface area contributed by atoms with Crippen molar-refractivity contribution < 1.29 is 25.2 Å². The van der Waals surface area contributed by atoms with Gasteiger partial charge in [-0.05, 0) is 7.05 Å². The van der Waals surface area contributed by atoms with Gasteiger partial charge < -0.3 is 30.5 Å². The Kier molecular flexibility index (Phi) is 5.84. The van der Waals surface area contributed by atoms with Gasteiger partial charge in [0.05, 0.1) is 12.6 Å². The number of hydrogen-bond acceptors (Lipinski definition) is 6. The Labute approximate surface area is 87.9 Å². The van der Waals surface area contributed by atoms with Gasteiger partial charge in [-0.25, -0.2) is 0 Å². The van der Waals surface area contributed by atoms with Crippen LogP contribution in [-0.4, -0.2) is 64.7 Å². The summed E-state index contributed by atoms with van der Waals surface area (Å²) in [5.41, 5.74) is 0. The standard InChI is InChI=1S/C7H15NO5.ClH/c1-8-4-6(11)5(10)3(2-9)13-7(4)12;/h3-12H,2H2,1H3;1H. The van der Waals surface area contributed by atoms with Gasteiger partial charge >= 0.3 is 0 Å². The van der Waals surface area contributed by atoms with Gasteiger partial charge in [0.2, 0.25) is 0 Å². The second-order valence-corrected chi connectivity index (χ2v) is 3.04. The minimum absolute atomic E-state index is 0. The van der Waals surface area contributed by atoms with Gasteiger partial charge in [0.15, 0.2) is 6.29 Å². The molecule has 1 rings (SSSR count). The van der Waals surface area contributed by atoms with E-state index in [2.05, 4.69) is 5.32 Å². The normalized spacial score (nSPS) is 43.1. The molecule has 0 radical (unpaired) electrons. The lowest BCUT2D eigenvalue weighted by atomic mass is 9.97. The van der Waals surface area contributed by atoms with Crippen molar-refractivity contribution in [2.45, 2.75) is 30.6 Å². The second-order valence-electron chi connectivity index (χ2n) is 3.04. The van der Waals surface area contributed by atoms with Crippen molar-refractivity contribution in [3.63, 3.8) is 0 Å². The van der Waals surface area contributed by atoms with Crippen molar-refractivity contribution in [3.8, 4) is 0 Å². The first kappa shape index (κ1) is 14.1. The zero-order valence-corrected chi connectivity index (χ0v) is 8.52. The summed E-state index contributed by atoms with van der Waals surface area (Å²) >= 11 is 0. The summed E-state index contributed by atoms with van der Waals surface area (Å²) < 4.78 is 4.85. The van der Waals surface area contributed by atoms with Crippen molar-refractivity contribution in [1.29, 1.82) is 0 Å². The number of aliphatic hydroxyl groups excluding tert-OH is 4. The summed E-state index contributed by atoms with van der Waals surface area (Å²) in [6.07, 6.45) is -4.49. The number of nitrogens with one attached hydrogen (secondary N) is 1. The van der Waals surface area contributed by atoms with Gasteiger partial charge in [-0.3, -0.25) is 0 Å². The minimum Gasteiger partial charge on any atom is -0.394 e. The van der Waals surface area contributed by atoms with Gasteiger partial charge in [-0.15, -0.1) is 12.4 Å². The Balaban J connectivity index is 0.00000169. The van der Waals surface area contributed by atoms with E-state index in [1.165, 1.54) is 7.05 Å². The first-order valence-electron chi connectivity index (χ1n) is 4.09. The Morgan fingerprint density at radius 3 is 2.21 bits per heavy atom. The maximum Gasteiger partial charge on any atom is 0.173 e. The highest BCUT2D eigenvalue weighted by molar-refractivity contribution is 5.85. The molecule has 1 saturated heterocycles. The molecule has 7 heteroatoms. The third-order valence-corrected chi connectivity index (χ3v) is 2.23. The number of hydrogen-bond donors (Lipinski definition) is 5. The van der Waals surface area contributed by atoms with Crippen LogP contribution in [0.25, 0.3) is 0 Å². The molecular formula is C7H16ClNO5. The highest BCUT2D eigenvalue weighted by Gasteiger charge is 2.42. The maximum absolute atomic E-state index is 9.45. The molecular weight excluding hydrogens is 214 g/mol. The van der Waals surface area contributed by atoms with Gasteiger partial charge in [-0.2, -0.15) is 0 Å². The number of ether oxygens (including phenoxy) is 1. The molecule has 0 aromatic carbocycles. The van der Waals surface area contributed by atoms with Gasteiger partial charge in [-0.1, -0.05) is 0 Å². The van der Waals surface area contributed by atoms with Crippen LogP contribution < -0.4 is 5.32 Å². The molecule has 5 unspecified atom stereocenters. The summed E-state index contributed by atoms with van der Waals surface area (Å²) in [5, 5.41) is 39.4. The Morgan fingerprint density at radius 1 is 1.21 bits per heavy atom. The zero-order chi connectivity index (χ0) is 10.0. The predicted molar refractivity (Wildman–Crippen MR) is 50.1 cm³/mol. The number of likely N-dealkylation sites (N-methyl/N-ethyl adjacent to an activating group) is 1. The molecule has 5 atom stereocenters.